The molecule has 0 aromatic heterocycles. The summed E-state index contributed by atoms with van der Waals surface area (Å²) in [6, 6.07) is 0. The number of aliphatic hydroxyl groups is 2. The van der Waals surface area contributed by atoms with Crippen molar-refractivity contribution in [1.82, 2.24) is 0 Å². The molecule has 5 heteroatoms. The largest absolute Gasteiger partial charge is 0.442 e. The minimum atomic E-state index is -4.94. The van der Waals surface area contributed by atoms with Gasteiger partial charge in [0, 0.05) is 6.42 Å². The first kappa shape index (κ1) is 8.71. The zero-order chi connectivity index (χ0) is 7.71. The minimum Gasteiger partial charge on any atom is -0.359 e. The average molecular weight is 144 g/mol. The second kappa shape index (κ2) is 2.15. The molecule has 0 saturated heterocycles. The maximum absolute atomic E-state index is 11.3. The lowest BCUT2D eigenvalue weighted by atomic mass is 10.2. The second-order valence-electron chi connectivity index (χ2n) is 1.67. The summed E-state index contributed by atoms with van der Waals surface area (Å²) < 4.78 is 34.0. The van der Waals surface area contributed by atoms with E-state index >= 15 is 0 Å². The van der Waals surface area contributed by atoms with Gasteiger partial charge >= 0.3 is 6.18 Å². The molecule has 0 radical (unpaired) electrons. The predicted octanol–water partition coefficient (Wildman–Crippen LogP) is 0.640. The highest BCUT2D eigenvalue weighted by atomic mass is 19.4. The van der Waals surface area contributed by atoms with Crippen LogP contribution in [0.15, 0.2) is 0 Å². The van der Waals surface area contributed by atoms with Crippen molar-refractivity contribution >= 4 is 0 Å². The first-order chi connectivity index (χ1) is 3.81. The predicted molar refractivity (Wildman–Crippen MR) is 23.5 cm³/mol. The summed E-state index contributed by atoms with van der Waals surface area (Å²) in [4.78, 5) is 0. The van der Waals surface area contributed by atoms with Crippen molar-refractivity contribution < 1.29 is 23.4 Å². The minimum absolute atomic E-state index is 0.753. The van der Waals surface area contributed by atoms with Crippen LogP contribution >= 0.6 is 0 Å². The van der Waals surface area contributed by atoms with Crippen LogP contribution in [0.1, 0.15) is 13.3 Å². The van der Waals surface area contributed by atoms with Crippen LogP contribution in [0.3, 0.4) is 0 Å². The van der Waals surface area contributed by atoms with Crippen molar-refractivity contribution in [3.8, 4) is 0 Å². The Kier molecular flexibility index (Phi) is 2.08. The van der Waals surface area contributed by atoms with Gasteiger partial charge in [-0.2, -0.15) is 13.2 Å². The Balaban J connectivity index is 4.14. The molecule has 0 bridgehead atoms. The third-order valence-corrected chi connectivity index (χ3v) is 0.947. The summed E-state index contributed by atoms with van der Waals surface area (Å²) in [6.07, 6.45) is -5.70. The molecule has 0 rings (SSSR count). The second-order valence-corrected chi connectivity index (χ2v) is 1.67. The molecule has 0 atom stereocenters. The molecule has 0 aliphatic rings. The molecule has 2 nitrogen and oxygen atoms in total. The lowest BCUT2D eigenvalue weighted by Crippen LogP contribution is -2.44. The van der Waals surface area contributed by atoms with E-state index < -0.39 is 18.4 Å². The molecular formula is C4H7F3O2. The van der Waals surface area contributed by atoms with Crippen LogP contribution in [0.25, 0.3) is 0 Å². The standard InChI is InChI=1S/C4H7F3O2/c1-2-3(8,9)4(5,6)7/h8-9H,2H2,1H3. The maximum Gasteiger partial charge on any atom is 0.442 e. The van der Waals surface area contributed by atoms with E-state index in [2.05, 4.69) is 0 Å². The first-order valence-electron chi connectivity index (χ1n) is 2.32. The van der Waals surface area contributed by atoms with Gasteiger partial charge in [0.05, 0.1) is 0 Å². The molecule has 0 amide bonds. The van der Waals surface area contributed by atoms with E-state index in [-0.39, 0.29) is 0 Å². The Morgan fingerprint density at radius 1 is 1.22 bits per heavy atom. The fraction of sp³-hybridized carbons (Fsp3) is 1.00. The lowest BCUT2D eigenvalue weighted by Gasteiger charge is -2.22. The van der Waals surface area contributed by atoms with Gasteiger partial charge < -0.3 is 10.2 Å². The van der Waals surface area contributed by atoms with Crippen LogP contribution in [0, 0.1) is 0 Å². The van der Waals surface area contributed by atoms with Crippen molar-refractivity contribution in [1.29, 1.82) is 0 Å². The summed E-state index contributed by atoms with van der Waals surface area (Å²) in [5.41, 5.74) is 0. The van der Waals surface area contributed by atoms with E-state index in [1.807, 2.05) is 0 Å². The molecule has 9 heavy (non-hydrogen) atoms. The van der Waals surface area contributed by atoms with E-state index in [1.165, 1.54) is 0 Å². The maximum atomic E-state index is 11.3. The lowest BCUT2D eigenvalue weighted by molar-refractivity contribution is -0.349. The van der Waals surface area contributed by atoms with Crippen molar-refractivity contribution in [2.24, 2.45) is 0 Å². The third kappa shape index (κ3) is 1.83. The number of alkyl halides is 3. The Labute approximate surface area is 49.9 Å². The number of hydrogen-bond donors (Lipinski definition) is 2. The van der Waals surface area contributed by atoms with Gasteiger partial charge in [-0.05, 0) is 0 Å². The molecule has 56 valence electrons. The van der Waals surface area contributed by atoms with Gasteiger partial charge in [0.1, 0.15) is 0 Å². The van der Waals surface area contributed by atoms with E-state index in [1.54, 1.807) is 0 Å². The first-order valence-corrected chi connectivity index (χ1v) is 2.32. The molecule has 0 aromatic rings. The van der Waals surface area contributed by atoms with Crippen LogP contribution in [0.2, 0.25) is 0 Å². The van der Waals surface area contributed by atoms with Gasteiger partial charge in [0.25, 0.3) is 5.79 Å². The van der Waals surface area contributed by atoms with Crippen molar-refractivity contribution in [2.45, 2.75) is 25.3 Å². The molecule has 0 heterocycles. The van der Waals surface area contributed by atoms with Crippen molar-refractivity contribution in [3.05, 3.63) is 0 Å². The Morgan fingerprint density at radius 3 is 1.56 bits per heavy atom. The Morgan fingerprint density at radius 2 is 1.56 bits per heavy atom. The monoisotopic (exact) mass is 144 g/mol. The Bertz CT molecular complexity index is 96.5. The summed E-state index contributed by atoms with van der Waals surface area (Å²) in [7, 11) is 0. The number of hydrogen-bond acceptors (Lipinski definition) is 2. The van der Waals surface area contributed by atoms with Gasteiger partial charge in [-0.15, -0.1) is 0 Å². The molecule has 0 fully saturated rings. The van der Waals surface area contributed by atoms with Gasteiger partial charge in [0.2, 0.25) is 0 Å². The van der Waals surface area contributed by atoms with Crippen LogP contribution in [-0.4, -0.2) is 22.2 Å². The average Bonchev–Trinajstić information content (AvgIpc) is 1.64. The summed E-state index contributed by atoms with van der Waals surface area (Å²) in [6.45, 7) is 1.04. The van der Waals surface area contributed by atoms with Gasteiger partial charge in [-0.25, -0.2) is 0 Å². The molecule has 0 aliphatic heterocycles. The quantitative estimate of drug-likeness (QED) is 0.530. The molecule has 0 spiro atoms. The van der Waals surface area contributed by atoms with Gasteiger partial charge in [-0.3, -0.25) is 0 Å². The van der Waals surface area contributed by atoms with Crippen molar-refractivity contribution in [2.75, 3.05) is 0 Å². The highest BCUT2D eigenvalue weighted by Crippen LogP contribution is 2.29. The van der Waals surface area contributed by atoms with E-state index in [9.17, 15) is 13.2 Å². The van der Waals surface area contributed by atoms with Gasteiger partial charge in [0.15, 0.2) is 0 Å². The topological polar surface area (TPSA) is 40.5 Å². The summed E-state index contributed by atoms with van der Waals surface area (Å²) in [5.74, 6) is -3.52. The summed E-state index contributed by atoms with van der Waals surface area (Å²) >= 11 is 0. The SMILES string of the molecule is CCC(O)(O)C(F)(F)F. The molecule has 2 N–H and O–H groups in total. The highest BCUT2D eigenvalue weighted by molar-refractivity contribution is 4.70. The number of rotatable bonds is 1. The molecule has 0 aliphatic carbocycles. The van der Waals surface area contributed by atoms with Crippen LogP contribution < -0.4 is 0 Å². The fourth-order valence-electron chi connectivity index (χ4n) is 0.200. The zero-order valence-electron chi connectivity index (χ0n) is 4.74. The highest BCUT2D eigenvalue weighted by Gasteiger charge is 2.51. The van der Waals surface area contributed by atoms with Crippen LogP contribution in [0.5, 0.6) is 0 Å². The summed E-state index contributed by atoms with van der Waals surface area (Å²) in [5, 5.41) is 16.2. The number of halogens is 3. The third-order valence-electron chi connectivity index (χ3n) is 0.947. The molecule has 0 unspecified atom stereocenters. The van der Waals surface area contributed by atoms with E-state index in [0.29, 0.717) is 0 Å². The zero-order valence-corrected chi connectivity index (χ0v) is 4.74. The van der Waals surface area contributed by atoms with Crippen LogP contribution in [-0.2, 0) is 0 Å². The smallest absolute Gasteiger partial charge is 0.359 e. The van der Waals surface area contributed by atoms with Gasteiger partial charge in [-0.1, -0.05) is 6.92 Å². The van der Waals surface area contributed by atoms with E-state index in [0.717, 1.165) is 6.92 Å². The molecular weight excluding hydrogens is 137 g/mol. The van der Waals surface area contributed by atoms with Crippen molar-refractivity contribution in [3.63, 3.8) is 0 Å². The molecule has 0 aromatic carbocycles. The van der Waals surface area contributed by atoms with E-state index in [4.69, 9.17) is 10.2 Å². The normalized spacial score (nSPS) is 14.0. The Hall–Kier alpha value is -0.290. The molecule has 0 saturated carbocycles. The van der Waals surface area contributed by atoms with Crippen LogP contribution in [0.4, 0.5) is 13.2 Å². The fourth-order valence-corrected chi connectivity index (χ4v) is 0.200.